The Morgan fingerprint density at radius 1 is 1.18 bits per heavy atom. The average molecular weight is 256 g/mol. The van der Waals surface area contributed by atoms with Crippen LogP contribution in [0.25, 0.3) is 0 Å². The third kappa shape index (κ3) is 2.91. The molecule has 0 saturated heterocycles. The standard InChI is InChI=1S/C12H8ClF2NO/c13-10-2-1-3-11(14)9(10)7-17-8-4-5-12(15)16-6-8/h1-6H,7H2. The van der Waals surface area contributed by atoms with Crippen molar-refractivity contribution in [1.29, 1.82) is 0 Å². The first-order valence-corrected chi connectivity index (χ1v) is 5.22. The molecule has 1 aromatic carbocycles. The molecule has 0 saturated carbocycles. The Labute approximate surface area is 102 Å². The van der Waals surface area contributed by atoms with Gasteiger partial charge in [0.2, 0.25) is 5.95 Å². The van der Waals surface area contributed by atoms with Crippen LogP contribution in [-0.4, -0.2) is 4.98 Å². The zero-order chi connectivity index (χ0) is 12.3. The second-order valence-corrected chi connectivity index (χ2v) is 3.71. The molecule has 2 aromatic rings. The van der Waals surface area contributed by atoms with Gasteiger partial charge >= 0.3 is 0 Å². The Morgan fingerprint density at radius 3 is 2.65 bits per heavy atom. The van der Waals surface area contributed by atoms with E-state index in [9.17, 15) is 8.78 Å². The van der Waals surface area contributed by atoms with Crippen LogP contribution in [-0.2, 0) is 6.61 Å². The van der Waals surface area contributed by atoms with E-state index in [1.807, 2.05) is 0 Å². The Hall–Kier alpha value is -1.68. The average Bonchev–Trinajstić information content (AvgIpc) is 2.31. The van der Waals surface area contributed by atoms with Crippen molar-refractivity contribution < 1.29 is 13.5 Å². The van der Waals surface area contributed by atoms with Gasteiger partial charge in [0.25, 0.3) is 0 Å². The van der Waals surface area contributed by atoms with E-state index < -0.39 is 11.8 Å². The van der Waals surface area contributed by atoms with Gasteiger partial charge in [0, 0.05) is 5.56 Å². The van der Waals surface area contributed by atoms with E-state index in [0.29, 0.717) is 10.8 Å². The fraction of sp³-hybridized carbons (Fsp3) is 0.0833. The number of ether oxygens (including phenoxy) is 1. The molecule has 0 N–H and O–H groups in total. The molecule has 0 fully saturated rings. The lowest BCUT2D eigenvalue weighted by Gasteiger charge is -2.08. The summed E-state index contributed by atoms with van der Waals surface area (Å²) in [7, 11) is 0. The summed E-state index contributed by atoms with van der Waals surface area (Å²) in [5, 5.41) is 0.292. The lowest BCUT2D eigenvalue weighted by molar-refractivity contribution is 0.298. The Bertz CT molecular complexity index is 496. The first kappa shape index (κ1) is 11.8. The predicted octanol–water partition coefficient (Wildman–Crippen LogP) is 3.59. The molecule has 0 aliphatic heterocycles. The van der Waals surface area contributed by atoms with Crippen LogP contribution in [0.1, 0.15) is 5.56 Å². The van der Waals surface area contributed by atoms with Crippen molar-refractivity contribution in [2.75, 3.05) is 0 Å². The lowest BCUT2D eigenvalue weighted by Crippen LogP contribution is -2.00. The monoisotopic (exact) mass is 255 g/mol. The maximum absolute atomic E-state index is 13.4. The molecule has 0 atom stereocenters. The van der Waals surface area contributed by atoms with Crippen molar-refractivity contribution in [3.63, 3.8) is 0 Å². The Morgan fingerprint density at radius 2 is 2.00 bits per heavy atom. The normalized spacial score (nSPS) is 10.3. The predicted molar refractivity (Wildman–Crippen MR) is 59.9 cm³/mol. The van der Waals surface area contributed by atoms with Crippen molar-refractivity contribution in [3.8, 4) is 5.75 Å². The lowest BCUT2D eigenvalue weighted by atomic mass is 10.2. The molecule has 0 spiro atoms. The van der Waals surface area contributed by atoms with E-state index in [2.05, 4.69) is 4.98 Å². The largest absolute Gasteiger partial charge is 0.487 e. The topological polar surface area (TPSA) is 22.1 Å². The van der Waals surface area contributed by atoms with E-state index in [4.69, 9.17) is 16.3 Å². The van der Waals surface area contributed by atoms with E-state index in [1.54, 1.807) is 6.07 Å². The number of pyridine rings is 1. The van der Waals surface area contributed by atoms with Crippen LogP contribution in [0.4, 0.5) is 8.78 Å². The molecule has 5 heteroatoms. The first-order chi connectivity index (χ1) is 8.16. The molecule has 1 aromatic heterocycles. The number of hydrogen-bond donors (Lipinski definition) is 0. The van der Waals surface area contributed by atoms with Gasteiger partial charge in [-0.05, 0) is 24.3 Å². The Kier molecular flexibility index (Phi) is 3.54. The number of rotatable bonds is 3. The Balaban J connectivity index is 2.10. The minimum atomic E-state index is -0.596. The number of nitrogens with zero attached hydrogens (tertiary/aromatic N) is 1. The van der Waals surface area contributed by atoms with Gasteiger partial charge in [-0.1, -0.05) is 17.7 Å². The molecule has 2 nitrogen and oxygen atoms in total. The molecular formula is C12H8ClF2NO. The highest BCUT2D eigenvalue weighted by Gasteiger charge is 2.07. The highest BCUT2D eigenvalue weighted by Crippen LogP contribution is 2.21. The summed E-state index contributed by atoms with van der Waals surface area (Å²) in [5.41, 5.74) is 0.262. The summed E-state index contributed by atoms with van der Waals surface area (Å²) in [5.74, 6) is -0.681. The summed E-state index contributed by atoms with van der Waals surface area (Å²) >= 11 is 5.83. The second kappa shape index (κ2) is 5.10. The van der Waals surface area contributed by atoms with Crippen molar-refractivity contribution >= 4 is 11.6 Å². The smallest absolute Gasteiger partial charge is 0.213 e. The van der Waals surface area contributed by atoms with Gasteiger partial charge in [0.05, 0.1) is 11.2 Å². The molecule has 0 radical (unpaired) electrons. The van der Waals surface area contributed by atoms with Crippen LogP contribution in [0.2, 0.25) is 5.02 Å². The minimum Gasteiger partial charge on any atom is -0.487 e. The molecule has 0 unspecified atom stereocenters. The number of hydrogen-bond acceptors (Lipinski definition) is 2. The maximum atomic E-state index is 13.4. The van der Waals surface area contributed by atoms with Gasteiger partial charge in [-0.15, -0.1) is 0 Å². The molecule has 0 aliphatic rings. The highest BCUT2D eigenvalue weighted by atomic mass is 35.5. The molecular weight excluding hydrogens is 248 g/mol. The van der Waals surface area contributed by atoms with Crippen LogP contribution in [0.15, 0.2) is 36.5 Å². The van der Waals surface area contributed by atoms with E-state index >= 15 is 0 Å². The van der Waals surface area contributed by atoms with Crippen LogP contribution >= 0.6 is 11.6 Å². The highest BCUT2D eigenvalue weighted by molar-refractivity contribution is 6.31. The third-order valence-electron chi connectivity index (χ3n) is 2.15. The quantitative estimate of drug-likeness (QED) is 0.782. The van der Waals surface area contributed by atoms with E-state index in [1.165, 1.54) is 24.4 Å². The fourth-order valence-electron chi connectivity index (χ4n) is 1.27. The zero-order valence-corrected chi connectivity index (χ0v) is 9.42. The molecule has 0 aliphatic carbocycles. The fourth-order valence-corrected chi connectivity index (χ4v) is 1.49. The SMILES string of the molecule is Fc1ccc(OCc2c(F)cccc2Cl)cn1. The summed E-state index contributed by atoms with van der Waals surface area (Å²) in [6.07, 6.45) is 1.23. The molecule has 17 heavy (non-hydrogen) atoms. The number of aromatic nitrogens is 1. The van der Waals surface area contributed by atoms with Crippen LogP contribution in [0, 0.1) is 11.8 Å². The van der Waals surface area contributed by atoms with E-state index in [0.717, 1.165) is 6.07 Å². The molecule has 1 heterocycles. The maximum Gasteiger partial charge on any atom is 0.213 e. The molecule has 88 valence electrons. The van der Waals surface area contributed by atoms with Gasteiger partial charge in [-0.2, -0.15) is 4.39 Å². The summed E-state index contributed by atoms with van der Waals surface area (Å²) in [6, 6.07) is 6.97. The van der Waals surface area contributed by atoms with Crippen molar-refractivity contribution in [2.24, 2.45) is 0 Å². The minimum absolute atomic E-state index is 0.0289. The van der Waals surface area contributed by atoms with Crippen molar-refractivity contribution in [1.82, 2.24) is 4.98 Å². The van der Waals surface area contributed by atoms with Gasteiger partial charge < -0.3 is 4.74 Å². The van der Waals surface area contributed by atoms with Crippen LogP contribution in [0.3, 0.4) is 0 Å². The van der Waals surface area contributed by atoms with Crippen LogP contribution in [0.5, 0.6) is 5.75 Å². The molecule has 0 bridgehead atoms. The van der Waals surface area contributed by atoms with Gasteiger partial charge in [-0.25, -0.2) is 9.37 Å². The first-order valence-electron chi connectivity index (χ1n) is 4.84. The summed E-state index contributed by atoms with van der Waals surface area (Å²) < 4.78 is 31.2. The van der Waals surface area contributed by atoms with Gasteiger partial charge in [0.1, 0.15) is 18.2 Å². The van der Waals surface area contributed by atoms with Crippen LogP contribution < -0.4 is 4.74 Å². The molecule has 0 amide bonds. The summed E-state index contributed by atoms with van der Waals surface area (Å²) in [6.45, 7) is -0.0289. The summed E-state index contributed by atoms with van der Waals surface area (Å²) in [4.78, 5) is 3.42. The number of halogens is 3. The number of benzene rings is 1. The third-order valence-corrected chi connectivity index (χ3v) is 2.50. The molecule has 2 rings (SSSR count). The van der Waals surface area contributed by atoms with Crippen molar-refractivity contribution in [3.05, 3.63) is 58.9 Å². The van der Waals surface area contributed by atoms with Crippen molar-refractivity contribution in [2.45, 2.75) is 6.61 Å². The van der Waals surface area contributed by atoms with Gasteiger partial charge in [0.15, 0.2) is 0 Å². The second-order valence-electron chi connectivity index (χ2n) is 3.31. The zero-order valence-electron chi connectivity index (χ0n) is 8.66. The van der Waals surface area contributed by atoms with E-state index in [-0.39, 0.29) is 12.2 Å². The van der Waals surface area contributed by atoms with Gasteiger partial charge in [-0.3, -0.25) is 0 Å².